The van der Waals surface area contributed by atoms with Gasteiger partial charge in [0.05, 0.1) is 0 Å². The molecular weight excluding hydrogens is 358 g/mol. The quantitative estimate of drug-likeness (QED) is 0.347. The Hall–Kier alpha value is -2.58. The molecule has 1 nitrogen and oxygen atoms in total. The van der Waals surface area contributed by atoms with E-state index in [4.69, 9.17) is 0 Å². The molecule has 3 aromatic carbocycles. The van der Waals surface area contributed by atoms with E-state index in [0.29, 0.717) is 0 Å². The minimum atomic E-state index is 1.23. The fourth-order valence-corrected chi connectivity index (χ4v) is 4.86. The number of benzene rings is 3. The monoisotopic (exact) mass is 385 g/mol. The van der Waals surface area contributed by atoms with Crippen LogP contribution >= 0.6 is 11.3 Å². The van der Waals surface area contributed by atoms with E-state index >= 15 is 0 Å². The number of aryl methyl sites for hydroxylation is 5. The Morgan fingerprint density at radius 3 is 2.04 bits per heavy atom. The molecule has 0 amide bonds. The van der Waals surface area contributed by atoms with Crippen LogP contribution in [0.1, 0.15) is 27.1 Å². The predicted octanol–water partition coefficient (Wildman–Crippen LogP) is 7.88. The van der Waals surface area contributed by atoms with Crippen molar-refractivity contribution in [3.63, 3.8) is 0 Å². The Bertz CT molecular complexity index is 1180. The summed E-state index contributed by atoms with van der Waals surface area (Å²) in [4.78, 5) is 3.70. The average Bonchev–Trinajstić information content (AvgIpc) is 2.97. The molecular formula is C26H27NS. The lowest BCUT2D eigenvalue weighted by atomic mass is 9.98. The Labute approximate surface area is 172 Å². The van der Waals surface area contributed by atoms with E-state index < -0.39 is 0 Å². The standard InChI is InChI=1S/C26H27NS/c1-16-7-8-21(13-17(16)2)22-9-11-25(18(3)14-22)27(6)23-10-12-26-24(15-23)19(4)20(5)28-26/h7-15H,1-6H3. The zero-order valence-corrected chi connectivity index (χ0v) is 18.4. The second-order valence-electron chi connectivity index (χ2n) is 7.82. The molecule has 0 saturated carbocycles. The highest BCUT2D eigenvalue weighted by atomic mass is 32.1. The summed E-state index contributed by atoms with van der Waals surface area (Å²) in [5.41, 5.74) is 10.4. The van der Waals surface area contributed by atoms with Crippen LogP contribution in [0.15, 0.2) is 54.6 Å². The normalized spacial score (nSPS) is 11.2. The fraction of sp³-hybridized carbons (Fsp3) is 0.231. The third kappa shape index (κ3) is 3.22. The zero-order chi connectivity index (χ0) is 20.0. The number of hydrogen-bond acceptors (Lipinski definition) is 2. The molecule has 1 heterocycles. The van der Waals surface area contributed by atoms with E-state index in [1.165, 1.54) is 59.7 Å². The molecule has 0 saturated heterocycles. The minimum Gasteiger partial charge on any atom is -0.344 e. The topological polar surface area (TPSA) is 3.24 Å². The molecule has 0 aliphatic rings. The van der Waals surface area contributed by atoms with Crippen LogP contribution in [-0.4, -0.2) is 7.05 Å². The van der Waals surface area contributed by atoms with Crippen molar-refractivity contribution in [3.8, 4) is 11.1 Å². The Morgan fingerprint density at radius 1 is 0.679 bits per heavy atom. The first-order valence-electron chi connectivity index (χ1n) is 9.77. The van der Waals surface area contributed by atoms with Crippen molar-refractivity contribution in [1.82, 2.24) is 0 Å². The third-order valence-corrected chi connectivity index (χ3v) is 7.13. The Morgan fingerprint density at radius 2 is 1.36 bits per heavy atom. The van der Waals surface area contributed by atoms with Gasteiger partial charge in [0.2, 0.25) is 0 Å². The first-order chi connectivity index (χ1) is 13.3. The Balaban J connectivity index is 1.71. The van der Waals surface area contributed by atoms with Crippen molar-refractivity contribution in [2.24, 2.45) is 0 Å². The fourth-order valence-electron chi connectivity index (χ4n) is 3.81. The largest absolute Gasteiger partial charge is 0.344 e. The summed E-state index contributed by atoms with van der Waals surface area (Å²) in [6.07, 6.45) is 0. The summed E-state index contributed by atoms with van der Waals surface area (Å²) in [5, 5.41) is 1.37. The number of rotatable bonds is 3. The van der Waals surface area contributed by atoms with E-state index in [2.05, 4.69) is 101 Å². The highest BCUT2D eigenvalue weighted by Crippen LogP contribution is 2.36. The number of nitrogens with zero attached hydrogens (tertiary/aromatic N) is 1. The average molecular weight is 386 g/mol. The van der Waals surface area contributed by atoms with Gasteiger partial charge in [0.15, 0.2) is 0 Å². The van der Waals surface area contributed by atoms with Crippen LogP contribution in [-0.2, 0) is 0 Å². The summed E-state index contributed by atoms with van der Waals surface area (Å²) >= 11 is 1.88. The SMILES string of the molecule is Cc1ccc(-c2ccc(N(C)c3ccc4sc(C)c(C)c4c3)c(C)c2)cc1C. The molecule has 4 rings (SSSR count). The summed E-state index contributed by atoms with van der Waals surface area (Å²) in [7, 11) is 2.16. The first kappa shape index (κ1) is 18.8. The predicted molar refractivity (Wildman–Crippen MR) is 125 cm³/mol. The molecule has 0 aliphatic heterocycles. The number of anilines is 2. The van der Waals surface area contributed by atoms with Gasteiger partial charge < -0.3 is 4.90 Å². The van der Waals surface area contributed by atoms with Crippen LogP contribution in [0.2, 0.25) is 0 Å². The van der Waals surface area contributed by atoms with Crippen LogP contribution in [0.25, 0.3) is 21.2 Å². The van der Waals surface area contributed by atoms with Crippen molar-refractivity contribution >= 4 is 32.8 Å². The molecule has 4 aromatic rings. The lowest BCUT2D eigenvalue weighted by Crippen LogP contribution is -2.10. The molecule has 0 spiro atoms. The number of fused-ring (bicyclic) bond motifs is 1. The lowest BCUT2D eigenvalue weighted by molar-refractivity contribution is 1.19. The first-order valence-corrected chi connectivity index (χ1v) is 10.6. The van der Waals surface area contributed by atoms with Crippen LogP contribution in [0.3, 0.4) is 0 Å². The van der Waals surface area contributed by atoms with E-state index in [9.17, 15) is 0 Å². The summed E-state index contributed by atoms with van der Waals surface area (Å²) in [5.74, 6) is 0. The van der Waals surface area contributed by atoms with Gasteiger partial charge in [-0.05, 0) is 104 Å². The summed E-state index contributed by atoms with van der Waals surface area (Å²) in [6.45, 7) is 11.0. The lowest BCUT2D eigenvalue weighted by Gasteiger charge is -2.22. The van der Waals surface area contributed by atoms with Gasteiger partial charge in [-0.15, -0.1) is 11.3 Å². The third-order valence-electron chi connectivity index (χ3n) is 5.94. The molecule has 0 bridgehead atoms. The van der Waals surface area contributed by atoms with Gasteiger partial charge in [-0.1, -0.05) is 24.3 Å². The summed E-state index contributed by atoms with van der Waals surface area (Å²) in [6, 6.07) is 20.3. The second-order valence-corrected chi connectivity index (χ2v) is 9.08. The van der Waals surface area contributed by atoms with E-state index in [1.807, 2.05) is 11.3 Å². The van der Waals surface area contributed by atoms with Gasteiger partial charge in [0.25, 0.3) is 0 Å². The molecule has 1 aromatic heterocycles. The summed E-state index contributed by atoms with van der Waals surface area (Å²) < 4.78 is 1.37. The maximum absolute atomic E-state index is 2.32. The smallest absolute Gasteiger partial charge is 0.0438 e. The van der Waals surface area contributed by atoms with E-state index in [-0.39, 0.29) is 0 Å². The van der Waals surface area contributed by atoms with Gasteiger partial charge >= 0.3 is 0 Å². The molecule has 0 fully saturated rings. The highest BCUT2D eigenvalue weighted by Gasteiger charge is 2.12. The molecule has 0 atom stereocenters. The number of thiophene rings is 1. The van der Waals surface area contributed by atoms with Crippen molar-refractivity contribution in [1.29, 1.82) is 0 Å². The maximum atomic E-state index is 2.32. The molecule has 2 heteroatoms. The van der Waals surface area contributed by atoms with Crippen molar-refractivity contribution < 1.29 is 0 Å². The molecule has 0 aliphatic carbocycles. The van der Waals surface area contributed by atoms with Crippen LogP contribution < -0.4 is 4.90 Å². The highest BCUT2D eigenvalue weighted by molar-refractivity contribution is 7.19. The molecule has 0 N–H and O–H groups in total. The molecule has 0 unspecified atom stereocenters. The second kappa shape index (κ2) is 7.10. The van der Waals surface area contributed by atoms with Crippen LogP contribution in [0, 0.1) is 34.6 Å². The van der Waals surface area contributed by atoms with Crippen LogP contribution in [0.4, 0.5) is 11.4 Å². The minimum absolute atomic E-state index is 1.23. The van der Waals surface area contributed by atoms with Crippen molar-refractivity contribution in [2.45, 2.75) is 34.6 Å². The molecule has 142 valence electrons. The van der Waals surface area contributed by atoms with Gasteiger partial charge in [0, 0.05) is 28.0 Å². The Kier molecular flexibility index (Phi) is 4.76. The van der Waals surface area contributed by atoms with Gasteiger partial charge in [-0.2, -0.15) is 0 Å². The zero-order valence-electron chi connectivity index (χ0n) is 17.6. The van der Waals surface area contributed by atoms with Crippen molar-refractivity contribution in [3.05, 3.63) is 81.7 Å². The molecule has 28 heavy (non-hydrogen) atoms. The van der Waals surface area contributed by atoms with Gasteiger partial charge in [-0.3, -0.25) is 0 Å². The van der Waals surface area contributed by atoms with Crippen LogP contribution in [0.5, 0.6) is 0 Å². The van der Waals surface area contributed by atoms with Gasteiger partial charge in [0.1, 0.15) is 0 Å². The number of hydrogen-bond donors (Lipinski definition) is 0. The van der Waals surface area contributed by atoms with Crippen molar-refractivity contribution in [2.75, 3.05) is 11.9 Å². The van der Waals surface area contributed by atoms with E-state index in [0.717, 1.165) is 0 Å². The van der Waals surface area contributed by atoms with Gasteiger partial charge in [-0.25, -0.2) is 0 Å². The maximum Gasteiger partial charge on any atom is 0.0438 e. The molecule has 0 radical (unpaired) electrons. The van der Waals surface area contributed by atoms with E-state index in [1.54, 1.807) is 0 Å².